The molecular weight excluding hydrogens is 358 g/mol. The van der Waals surface area contributed by atoms with Crippen molar-refractivity contribution >= 4 is 66.1 Å². The Kier molecular flexibility index (Phi) is 3.58. The number of nitrogens with two attached hydrogens (primary N) is 1. The van der Waals surface area contributed by atoms with Gasteiger partial charge in [-0.25, -0.2) is 4.98 Å². The smallest absolute Gasteiger partial charge is 0.106 e. The zero-order chi connectivity index (χ0) is 14.3. The molecule has 20 heavy (non-hydrogen) atoms. The number of nitrogens with zero attached hydrogens (tertiary/aromatic N) is 1. The number of anilines is 3. The highest BCUT2D eigenvalue weighted by Crippen LogP contribution is 2.35. The maximum Gasteiger partial charge on any atom is 0.106 e. The highest BCUT2D eigenvalue weighted by molar-refractivity contribution is 9.10. The predicted octanol–water partition coefficient (Wildman–Crippen LogP) is 5.35. The minimum absolute atomic E-state index is 0.646. The lowest BCUT2D eigenvalue weighted by Gasteiger charge is -2.12. The fourth-order valence-electron chi connectivity index (χ4n) is 1.95. The first-order valence-electron chi connectivity index (χ1n) is 5.90. The summed E-state index contributed by atoms with van der Waals surface area (Å²) in [6.07, 6.45) is 0. The molecule has 0 unspecified atom stereocenters. The van der Waals surface area contributed by atoms with Crippen LogP contribution in [0, 0.1) is 6.92 Å². The van der Waals surface area contributed by atoms with Crippen molar-refractivity contribution in [1.82, 2.24) is 4.98 Å². The number of benzene rings is 2. The van der Waals surface area contributed by atoms with Crippen LogP contribution in [0.25, 0.3) is 10.2 Å². The number of hydrogen-bond donors (Lipinski definition) is 2. The molecule has 0 bridgehead atoms. The first-order valence-corrected chi connectivity index (χ1v) is 7.95. The normalized spacial score (nSPS) is 10.9. The van der Waals surface area contributed by atoms with Gasteiger partial charge >= 0.3 is 0 Å². The number of rotatable bonds is 2. The number of aromatic nitrogens is 1. The molecule has 1 aromatic heterocycles. The van der Waals surface area contributed by atoms with E-state index in [1.165, 1.54) is 0 Å². The zero-order valence-corrected chi connectivity index (χ0v) is 13.7. The van der Waals surface area contributed by atoms with Crippen molar-refractivity contribution in [2.24, 2.45) is 0 Å². The fourth-order valence-corrected chi connectivity index (χ4v) is 3.36. The summed E-state index contributed by atoms with van der Waals surface area (Å²) in [5.74, 6) is 0. The summed E-state index contributed by atoms with van der Waals surface area (Å²) in [4.78, 5) is 4.29. The molecule has 6 heteroatoms. The molecule has 0 spiro atoms. The Bertz CT molecular complexity index is 800. The second kappa shape index (κ2) is 5.24. The molecule has 3 N–H and O–H groups in total. The van der Waals surface area contributed by atoms with Crippen LogP contribution in [0.15, 0.2) is 34.2 Å². The van der Waals surface area contributed by atoms with Gasteiger partial charge in [0.15, 0.2) is 0 Å². The minimum atomic E-state index is 0.646. The fraction of sp³-hybridized carbons (Fsp3) is 0.0714. The van der Waals surface area contributed by atoms with Gasteiger partial charge in [0.25, 0.3) is 0 Å². The maximum absolute atomic E-state index is 6.17. The number of nitrogen functional groups attached to an aromatic ring is 1. The van der Waals surface area contributed by atoms with Crippen LogP contribution in [0.2, 0.25) is 5.02 Å². The largest absolute Gasteiger partial charge is 0.395 e. The summed E-state index contributed by atoms with van der Waals surface area (Å²) in [6.45, 7) is 1.96. The van der Waals surface area contributed by atoms with Gasteiger partial charge in [-0.1, -0.05) is 11.6 Å². The summed E-state index contributed by atoms with van der Waals surface area (Å²) < 4.78 is 2.02. The molecule has 0 amide bonds. The van der Waals surface area contributed by atoms with Gasteiger partial charge in [-0.15, -0.1) is 11.3 Å². The van der Waals surface area contributed by atoms with Crippen LogP contribution in [0.4, 0.5) is 17.1 Å². The SMILES string of the molecule is Cc1cc(Br)c(Nc2ccc3scnc3c2N)cc1Cl. The third-order valence-electron chi connectivity index (χ3n) is 3.06. The van der Waals surface area contributed by atoms with Crippen molar-refractivity contribution in [2.45, 2.75) is 6.92 Å². The van der Waals surface area contributed by atoms with Crippen LogP contribution in [0.5, 0.6) is 0 Å². The molecule has 0 radical (unpaired) electrons. The summed E-state index contributed by atoms with van der Waals surface area (Å²) in [6, 6.07) is 7.82. The molecule has 0 aliphatic heterocycles. The van der Waals surface area contributed by atoms with Crippen molar-refractivity contribution in [3.63, 3.8) is 0 Å². The molecular formula is C14H11BrClN3S. The highest BCUT2D eigenvalue weighted by atomic mass is 79.9. The second-order valence-electron chi connectivity index (χ2n) is 4.43. The Morgan fingerprint density at radius 1 is 1.30 bits per heavy atom. The van der Waals surface area contributed by atoms with E-state index in [0.29, 0.717) is 10.7 Å². The van der Waals surface area contributed by atoms with Crippen molar-refractivity contribution in [1.29, 1.82) is 0 Å². The van der Waals surface area contributed by atoms with Crippen molar-refractivity contribution < 1.29 is 0 Å². The van der Waals surface area contributed by atoms with Gasteiger partial charge in [-0.05, 0) is 52.7 Å². The van der Waals surface area contributed by atoms with Gasteiger partial charge in [-0.3, -0.25) is 0 Å². The second-order valence-corrected chi connectivity index (χ2v) is 6.58. The van der Waals surface area contributed by atoms with Crippen molar-refractivity contribution in [3.8, 4) is 0 Å². The molecule has 102 valence electrons. The molecule has 1 heterocycles. The van der Waals surface area contributed by atoms with E-state index in [9.17, 15) is 0 Å². The van der Waals surface area contributed by atoms with E-state index >= 15 is 0 Å². The van der Waals surface area contributed by atoms with Crippen LogP contribution in [0.3, 0.4) is 0 Å². The molecule has 3 nitrogen and oxygen atoms in total. The van der Waals surface area contributed by atoms with Crippen LogP contribution in [-0.4, -0.2) is 4.98 Å². The highest BCUT2D eigenvalue weighted by Gasteiger charge is 2.10. The molecule has 0 aliphatic carbocycles. The Hall–Kier alpha value is -1.30. The number of fused-ring (bicyclic) bond motifs is 1. The average Bonchev–Trinajstić information content (AvgIpc) is 2.88. The topological polar surface area (TPSA) is 50.9 Å². The van der Waals surface area contributed by atoms with E-state index in [0.717, 1.165) is 31.6 Å². The lowest BCUT2D eigenvalue weighted by Crippen LogP contribution is -1.98. The summed E-state index contributed by atoms with van der Waals surface area (Å²) in [5, 5.41) is 4.01. The third-order valence-corrected chi connectivity index (χ3v) is 4.92. The molecule has 3 rings (SSSR count). The van der Waals surface area contributed by atoms with E-state index in [2.05, 4.69) is 26.2 Å². The van der Waals surface area contributed by atoms with Crippen LogP contribution in [-0.2, 0) is 0 Å². The standard InChI is InChI=1S/C14H11BrClN3S/c1-7-4-8(15)11(5-9(7)16)19-10-2-3-12-14(13(10)17)18-6-20-12/h2-6,19H,17H2,1H3. The van der Waals surface area contributed by atoms with Crippen LogP contribution < -0.4 is 11.1 Å². The quantitative estimate of drug-likeness (QED) is 0.600. The van der Waals surface area contributed by atoms with E-state index in [-0.39, 0.29) is 0 Å². The molecule has 3 aromatic rings. The lowest BCUT2D eigenvalue weighted by molar-refractivity contribution is 1.43. The van der Waals surface area contributed by atoms with Crippen molar-refractivity contribution in [2.75, 3.05) is 11.1 Å². The summed E-state index contributed by atoms with van der Waals surface area (Å²) >= 11 is 11.3. The number of nitrogens with one attached hydrogen (secondary N) is 1. The zero-order valence-electron chi connectivity index (χ0n) is 10.6. The maximum atomic E-state index is 6.17. The van der Waals surface area contributed by atoms with Gasteiger partial charge < -0.3 is 11.1 Å². The first-order chi connectivity index (χ1) is 9.56. The van der Waals surface area contributed by atoms with Gasteiger partial charge in [0.1, 0.15) is 5.52 Å². The third kappa shape index (κ3) is 2.37. The van der Waals surface area contributed by atoms with E-state index in [1.807, 2.05) is 31.2 Å². The van der Waals surface area contributed by atoms with E-state index in [4.69, 9.17) is 17.3 Å². The van der Waals surface area contributed by atoms with Gasteiger partial charge in [-0.2, -0.15) is 0 Å². The molecule has 0 atom stereocenters. The number of aryl methyl sites for hydroxylation is 1. The van der Waals surface area contributed by atoms with Gasteiger partial charge in [0.2, 0.25) is 0 Å². The summed E-state index contributed by atoms with van der Waals surface area (Å²) in [5.41, 5.74) is 12.2. The van der Waals surface area contributed by atoms with Crippen LogP contribution in [0.1, 0.15) is 5.56 Å². The first kappa shape index (κ1) is 13.7. The Balaban J connectivity index is 2.05. The van der Waals surface area contributed by atoms with Crippen molar-refractivity contribution in [3.05, 3.63) is 44.8 Å². The Morgan fingerprint density at radius 3 is 2.90 bits per heavy atom. The molecule has 0 saturated heterocycles. The molecule has 0 aliphatic rings. The van der Waals surface area contributed by atoms with Gasteiger partial charge in [0, 0.05) is 9.50 Å². The average molecular weight is 369 g/mol. The Morgan fingerprint density at radius 2 is 2.10 bits per heavy atom. The monoisotopic (exact) mass is 367 g/mol. The summed E-state index contributed by atoms with van der Waals surface area (Å²) in [7, 11) is 0. The minimum Gasteiger partial charge on any atom is -0.395 e. The molecule has 0 saturated carbocycles. The molecule has 2 aromatic carbocycles. The number of thiazole rings is 1. The Labute approximate surface area is 133 Å². The van der Waals surface area contributed by atoms with Gasteiger partial charge in [0.05, 0.1) is 27.3 Å². The predicted molar refractivity (Wildman–Crippen MR) is 91.2 cm³/mol. The van der Waals surface area contributed by atoms with Crippen LogP contribution >= 0.6 is 38.9 Å². The van der Waals surface area contributed by atoms with E-state index < -0.39 is 0 Å². The number of halogens is 2. The lowest BCUT2D eigenvalue weighted by atomic mass is 10.2. The molecule has 0 fully saturated rings. The van der Waals surface area contributed by atoms with E-state index in [1.54, 1.807) is 16.8 Å². The number of hydrogen-bond acceptors (Lipinski definition) is 4.